The van der Waals surface area contributed by atoms with Crippen LogP contribution in [-0.2, 0) is 13.0 Å². The van der Waals surface area contributed by atoms with Crippen molar-refractivity contribution in [3.63, 3.8) is 0 Å². The predicted molar refractivity (Wildman–Crippen MR) is 122 cm³/mol. The maximum atomic E-state index is 13.7. The molecule has 3 heterocycles. The van der Waals surface area contributed by atoms with E-state index < -0.39 is 5.72 Å². The molecular weight excluding hydrogens is 372 g/mol. The van der Waals surface area contributed by atoms with E-state index in [9.17, 15) is 4.79 Å². The third-order valence-corrected chi connectivity index (χ3v) is 6.70. The number of carbonyl (C=O) groups is 1. The molecule has 2 aromatic carbocycles. The quantitative estimate of drug-likeness (QED) is 0.510. The summed E-state index contributed by atoms with van der Waals surface area (Å²) in [4.78, 5) is 15.9. The number of hydrogen-bond acceptors (Lipinski definition) is 3. The van der Waals surface area contributed by atoms with Crippen LogP contribution in [0, 0.1) is 0 Å². The van der Waals surface area contributed by atoms with Gasteiger partial charge in [-0.1, -0.05) is 51.0 Å². The van der Waals surface area contributed by atoms with Crippen LogP contribution < -0.4 is 9.64 Å². The van der Waals surface area contributed by atoms with Crippen molar-refractivity contribution < 1.29 is 9.53 Å². The fourth-order valence-electron chi connectivity index (χ4n) is 5.16. The number of ketones is 1. The summed E-state index contributed by atoms with van der Waals surface area (Å²) in [5, 5.41) is 1.13. The Labute approximate surface area is 178 Å². The number of unbranched alkanes of at least 4 members (excludes halogenated alkanes) is 2. The summed E-state index contributed by atoms with van der Waals surface area (Å²) in [6, 6.07) is 16.5. The predicted octanol–water partition coefficient (Wildman–Crippen LogP) is 5.97. The zero-order chi connectivity index (χ0) is 20.7. The minimum Gasteiger partial charge on any atom is -0.458 e. The second-order valence-electron chi connectivity index (χ2n) is 8.54. The van der Waals surface area contributed by atoms with Gasteiger partial charge in [-0.15, -0.1) is 0 Å². The fourth-order valence-corrected chi connectivity index (χ4v) is 5.16. The number of para-hydroxylation sites is 2. The van der Waals surface area contributed by atoms with Crippen LogP contribution in [-0.4, -0.2) is 22.6 Å². The van der Waals surface area contributed by atoms with Crippen molar-refractivity contribution in [2.24, 2.45) is 0 Å². The van der Waals surface area contributed by atoms with E-state index in [0.717, 1.165) is 67.6 Å². The number of nitrogens with zero attached hydrogens (tertiary/aromatic N) is 2. The Kier molecular flexibility index (Phi) is 4.80. The van der Waals surface area contributed by atoms with Crippen molar-refractivity contribution in [1.29, 1.82) is 0 Å². The molecule has 4 nitrogen and oxygen atoms in total. The molecule has 1 aromatic heterocycles. The van der Waals surface area contributed by atoms with Crippen LogP contribution in [0.2, 0.25) is 0 Å². The average Bonchev–Trinajstić information content (AvgIpc) is 3.21. The summed E-state index contributed by atoms with van der Waals surface area (Å²) in [6.07, 6.45) is 5.98. The number of fused-ring (bicyclic) bond motifs is 4. The largest absolute Gasteiger partial charge is 0.458 e. The van der Waals surface area contributed by atoms with Gasteiger partial charge in [-0.2, -0.15) is 0 Å². The molecule has 1 unspecified atom stereocenters. The molecule has 0 bridgehead atoms. The number of hydrogen-bond donors (Lipinski definition) is 0. The molecule has 2 aliphatic rings. The number of rotatable bonds is 6. The highest BCUT2D eigenvalue weighted by molar-refractivity contribution is 6.13. The van der Waals surface area contributed by atoms with E-state index >= 15 is 0 Å². The molecule has 0 saturated carbocycles. The maximum Gasteiger partial charge on any atom is 0.247 e. The number of benzene rings is 2. The lowest BCUT2D eigenvalue weighted by Crippen LogP contribution is -2.57. The van der Waals surface area contributed by atoms with E-state index in [4.69, 9.17) is 4.74 Å². The summed E-state index contributed by atoms with van der Waals surface area (Å²) < 4.78 is 9.23. The Morgan fingerprint density at radius 3 is 2.53 bits per heavy atom. The third-order valence-electron chi connectivity index (χ3n) is 6.70. The van der Waals surface area contributed by atoms with Crippen LogP contribution in [0.3, 0.4) is 0 Å². The first kappa shape index (κ1) is 19.2. The lowest BCUT2D eigenvalue weighted by Gasteiger charge is -2.41. The van der Waals surface area contributed by atoms with Crippen molar-refractivity contribution in [1.82, 2.24) is 4.57 Å². The van der Waals surface area contributed by atoms with E-state index in [-0.39, 0.29) is 5.78 Å². The molecule has 0 aliphatic carbocycles. The molecule has 0 radical (unpaired) electrons. The Balaban J connectivity index is 1.63. The van der Waals surface area contributed by atoms with Crippen LogP contribution in [0.1, 0.15) is 62.0 Å². The van der Waals surface area contributed by atoms with Gasteiger partial charge in [0.25, 0.3) is 0 Å². The lowest BCUT2D eigenvalue weighted by atomic mass is 9.95. The zero-order valence-corrected chi connectivity index (χ0v) is 18.0. The Hall–Kier alpha value is -2.75. The summed E-state index contributed by atoms with van der Waals surface area (Å²) in [7, 11) is 0. The van der Waals surface area contributed by atoms with Gasteiger partial charge in [0.15, 0.2) is 5.75 Å². The van der Waals surface area contributed by atoms with E-state index in [0.29, 0.717) is 6.42 Å². The first-order chi connectivity index (χ1) is 14.7. The minimum atomic E-state index is -0.911. The van der Waals surface area contributed by atoms with E-state index in [1.54, 1.807) is 0 Å². The topological polar surface area (TPSA) is 34.5 Å². The van der Waals surface area contributed by atoms with Crippen molar-refractivity contribution in [3.8, 4) is 5.75 Å². The number of ether oxygens (including phenoxy) is 1. The number of carbonyl (C=O) groups excluding carboxylic acids is 1. The highest BCUT2D eigenvalue weighted by Crippen LogP contribution is 2.48. The van der Waals surface area contributed by atoms with Gasteiger partial charge in [0.05, 0.1) is 16.9 Å². The normalized spacial score (nSPS) is 19.9. The highest BCUT2D eigenvalue weighted by Gasteiger charge is 2.55. The molecular formula is C26H30N2O2. The monoisotopic (exact) mass is 402 g/mol. The molecule has 4 heteroatoms. The van der Waals surface area contributed by atoms with Gasteiger partial charge in [0.1, 0.15) is 0 Å². The summed E-state index contributed by atoms with van der Waals surface area (Å²) in [5.41, 5.74) is 3.37. The molecule has 0 amide bonds. The van der Waals surface area contributed by atoms with E-state index in [1.807, 2.05) is 18.2 Å². The maximum absolute atomic E-state index is 13.7. The van der Waals surface area contributed by atoms with Gasteiger partial charge in [-0.05, 0) is 43.5 Å². The number of Topliss-reactive ketones (excluding diaryl/α,β-unsaturated/α-hetero) is 1. The van der Waals surface area contributed by atoms with Gasteiger partial charge < -0.3 is 14.2 Å². The minimum absolute atomic E-state index is 0.116. The van der Waals surface area contributed by atoms with Crippen LogP contribution in [0.15, 0.2) is 48.5 Å². The second-order valence-corrected chi connectivity index (χ2v) is 8.54. The van der Waals surface area contributed by atoms with Crippen molar-refractivity contribution in [3.05, 3.63) is 59.8 Å². The lowest BCUT2D eigenvalue weighted by molar-refractivity contribution is 0.0377. The standard InChI is InChI=1S/C26H30N2O2/c1-3-5-17-27-21-13-9-7-11-19(21)24-23(27)15-16-26(30-24)25(29)20-12-8-10-14-22(20)28(26)18-6-4-2/h7-14H,3-6,15-18H2,1-2H3. The molecule has 1 atom stereocenters. The Morgan fingerprint density at radius 2 is 1.70 bits per heavy atom. The number of anilines is 1. The molecule has 2 aliphatic heterocycles. The molecule has 1 spiro atoms. The first-order valence-corrected chi connectivity index (χ1v) is 11.4. The molecule has 30 heavy (non-hydrogen) atoms. The molecule has 3 aromatic rings. The highest BCUT2D eigenvalue weighted by atomic mass is 16.5. The molecule has 0 N–H and O–H groups in total. The van der Waals surface area contributed by atoms with Crippen LogP contribution >= 0.6 is 0 Å². The second kappa shape index (κ2) is 7.50. The van der Waals surface area contributed by atoms with Gasteiger partial charge in [0, 0.05) is 30.5 Å². The van der Waals surface area contributed by atoms with Gasteiger partial charge in [-0.3, -0.25) is 4.79 Å². The van der Waals surface area contributed by atoms with Crippen LogP contribution in [0.5, 0.6) is 5.75 Å². The average molecular weight is 403 g/mol. The SMILES string of the molecule is CCCCN1c2ccccc2C(=O)C12CCc1c(c3ccccc3n1CCCC)O2. The molecule has 0 fully saturated rings. The Bertz CT molecular complexity index is 1100. The fraction of sp³-hybridized carbons (Fsp3) is 0.423. The molecule has 5 rings (SSSR count). The third kappa shape index (κ3) is 2.69. The van der Waals surface area contributed by atoms with Gasteiger partial charge >= 0.3 is 0 Å². The van der Waals surface area contributed by atoms with Gasteiger partial charge in [0.2, 0.25) is 11.5 Å². The summed E-state index contributed by atoms with van der Waals surface area (Å²) >= 11 is 0. The van der Waals surface area contributed by atoms with E-state index in [2.05, 4.69) is 53.6 Å². The molecule has 156 valence electrons. The van der Waals surface area contributed by atoms with E-state index in [1.165, 1.54) is 11.2 Å². The smallest absolute Gasteiger partial charge is 0.247 e. The summed E-state index contributed by atoms with van der Waals surface area (Å²) in [5.74, 6) is 1.03. The number of aromatic nitrogens is 1. The van der Waals surface area contributed by atoms with Crippen LogP contribution in [0.4, 0.5) is 5.69 Å². The van der Waals surface area contributed by atoms with Crippen molar-refractivity contribution in [2.75, 3.05) is 11.4 Å². The molecule has 0 saturated heterocycles. The van der Waals surface area contributed by atoms with Crippen molar-refractivity contribution >= 4 is 22.4 Å². The van der Waals surface area contributed by atoms with Crippen molar-refractivity contribution in [2.45, 2.75) is 64.6 Å². The summed E-state index contributed by atoms with van der Waals surface area (Å²) in [6.45, 7) is 6.25. The zero-order valence-electron chi connectivity index (χ0n) is 18.0. The first-order valence-electron chi connectivity index (χ1n) is 11.4. The van der Waals surface area contributed by atoms with Crippen LogP contribution in [0.25, 0.3) is 10.9 Å². The number of aryl methyl sites for hydroxylation is 1. The van der Waals surface area contributed by atoms with Gasteiger partial charge in [-0.25, -0.2) is 0 Å². The Morgan fingerprint density at radius 1 is 0.967 bits per heavy atom.